The zero-order valence-electron chi connectivity index (χ0n) is 16.2. The van der Waals surface area contributed by atoms with Gasteiger partial charge in [0.15, 0.2) is 17.3 Å². The maximum atomic E-state index is 12.4. The number of amides is 1. The highest BCUT2D eigenvalue weighted by atomic mass is 79.9. The van der Waals surface area contributed by atoms with Crippen LogP contribution in [0.3, 0.4) is 0 Å². The SMILES string of the molecule is COc1cc2nc(N(C(=O)O)c3c(C)cc(Br)cc3Cl)c3cncn3c2cc1OC. The quantitative estimate of drug-likeness (QED) is 0.409. The number of hydrogen-bond acceptors (Lipinski definition) is 5. The maximum Gasteiger partial charge on any atom is 0.417 e. The van der Waals surface area contributed by atoms with Crippen molar-refractivity contribution in [3.8, 4) is 11.5 Å². The summed E-state index contributed by atoms with van der Waals surface area (Å²) in [5.74, 6) is 1.17. The molecular formula is C20H16BrClN4O4. The van der Waals surface area contributed by atoms with E-state index in [4.69, 9.17) is 21.1 Å². The number of rotatable bonds is 4. The first-order chi connectivity index (χ1) is 14.3. The minimum absolute atomic E-state index is 0.173. The summed E-state index contributed by atoms with van der Waals surface area (Å²) in [4.78, 5) is 22.3. The van der Waals surface area contributed by atoms with Crippen LogP contribution in [0.4, 0.5) is 16.3 Å². The number of fused-ring (bicyclic) bond motifs is 3. The number of aromatic nitrogens is 3. The molecular weight excluding hydrogens is 476 g/mol. The Balaban J connectivity index is 2.07. The summed E-state index contributed by atoms with van der Waals surface area (Å²) in [6.45, 7) is 1.78. The highest BCUT2D eigenvalue weighted by molar-refractivity contribution is 9.10. The van der Waals surface area contributed by atoms with E-state index in [9.17, 15) is 9.90 Å². The molecule has 8 nitrogen and oxygen atoms in total. The van der Waals surface area contributed by atoms with Gasteiger partial charge in [0.1, 0.15) is 5.52 Å². The van der Waals surface area contributed by atoms with E-state index in [0.717, 1.165) is 9.37 Å². The summed E-state index contributed by atoms with van der Waals surface area (Å²) in [5, 5.41) is 10.4. The lowest BCUT2D eigenvalue weighted by Crippen LogP contribution is -2.26. The molecule has 2 aromatic carbocycles. The Morgan fingerprint density at radius 2 is 1.87 bits per heavy atom. The highest BCUT2D eigenvalue weighted by Gasteiger charge is 2.27. The molecule has 0 radical (unpaired) electrons. The standard InChI is InChI=1S/C20H16BrClN4O4/c1-10-4-11(21)5-12(22)18(10)26(20(27)28)19-15-8-23-9-25(15)14-7-17(30-3)16(29-2)6-13(14)24-19/h4-9H,1-3H3,(H,27,28). The average Bonchev–Trinajstić information content (AvgIpc) is 3.19. The molecule has 0 saturated carbocycles. The van der Waals surface area contributed by atoms with Crippen molar-refractivity contribution in [3.05, 3.63) is 51.8 Å². The van der Waals surface area contributed by atoms with Crippen molar-refractivity contribution in [3.63, 3.8) is 0 Å². The molecule has 0 aliphatic carbocycles. The number of benzene rings is 2. The largest absolute Gasteiger partial charge is 0.493 e. The molecule has 0 unspecified atom stereocenters. The number of imidazole rings is 1. The van der Waals surface area contributed by atoms with Crippen LogP contribution in [0.5, 0.6) is 11.5 Å². The third-order valence-corrected chi connectivity index (χ3v) is 5.43. The Hall–Kier alpha value is -3.04. The van der Waals surface area contributed by atoms with Gasteiger partial charge in [0, 0.05) is 16.6 Å². The van der Waals surface area contributed by atoms with Gasteiger partial charge in [-0.25, -0.2) is 19.7 Å². The smallest absolute Gasteiger partial charge is 0.417 e. The molecule has 30 heavy (non-hydrogen) atoms. The fourth-order valence-corrected chi connectivity index (χ4v) is 4.45. The van der Waals surface area contributed by atoms with Crippen LogP contribution < -0.4 is 14.4 Å². The first-order valence-corrected chi connectivity index (χ1v) is 9.89. The van der Waals surface area contributed by atoms with Gasteiger partial charge < -0.3 is 14.6 Å². The Kier molecular flexibility index (Phi) is 5.17. The van der Waals surface area contributed by atoms with Gasteiger partial charge in [-0.2, -0.15) is 0 Å². The van der Waals surface area contributed by atoms with Crippen molar-refractivity contribution in [2.45, 2.75) is 6.92 Å². The molecule has 0 atom stereocenters. The normalized spacial score (nSPS) is 11.1. The Morgan fingerprint density at radius 3 is 2.50 bits per heavy atom. The molecule has 4 rings (SSSR count). The molecule has 2 heterocycles. The van der Waals surface area contributed by atoms with Gasteiger partial charge in [-0.1, -0.05) is 27.5 Å². The number of hydrogen-bond donors (Lipinski definition) is 1. The fourth-order valence-electron chi connectivity index (χ4n) is 3.40. The van der Waals surface area contributed by atoms with Gasteiger partial charge in [-0.05, 0) is 24.6 Å². The number of carbonyl (C=O) groups is 1. The number of methoxy groups -OCH3 is 2. The van der Waals surface area contributed by atoms with Crippen LogP contribution in [0.1, 0.15) is 5.56 Å². The van der Waals surface area contributed by atoms with E-state index in [-0.39, 0.29) is 10.8 Å². The van der Waals surface area contributed by atoms with Gasteiger partial charge in [0.05, 0.1) is 48.5 Å². The number of carboxylic acid groups (broad SMARTS) is 1. The van der Waals surface area contributed by atoms with Gasteiger partial charge in [0.25, 0.3) is 0 Å². The molecule has 154 valence electrons. The first kappa shape index (κ1) is 20.2. The number of aryl methyl sites for hydroxylation is 1. The zero-order chi connectivity index (χ0) is 21.6. The lowest BCUT2D eigenvalue weighted by atomic mass is 10.1. The summed E-state index contributed by atoms with van der Waals surface area (Å²) >= 11 is 9.81. The van der Waals surface area contributed by atoms with Crippen molar-refractivity contribution in [1.82, 2.24) is 14.4 Å². The van der Waals surface area contributed by atoms with E-state index in [0.29, 0.717) is 39.3 Å². The summed E-state index contributed by atoms with van der Waals surface area (Å²) in [6.07, 6.45) is 1.92. The van der Waals surface area contributed by atoms with E-state index in [2.05, 4.69) is 25.9 Å². The van der Waals surface area contributed by atoms with E-state index >= 15 is 0 Å². The van der Waals surface area contributed by atoms with Crippen molar-refractivity contribution in [2.24, 2.45) is 0 Å². The van der Waals surface area contributed by atoms with Crippen LogP contribution in [0.15, 0.2) is 41.3 Å². The summed E-state index contributed by atoms with van der Waals surface area (Å²) < 4.78 is 13.3. The molecule has 0 aliphatic heterocycles. The van der Waals surface area contributed by atoms with Gasteiger partial charge in [0.2, 0.25) is 0 Å². The predicted molar refractivity (Wildman–Crippen MR) is 118 cm³/mol. The summed E-state index contributed by atoms with van der Waals surface area (Å²) in [5.41, 5.74) is 2.68. The first-order valence-electron chi connectivity index (χ1n) is 8.72. The minimum Gasteiger partial charge on any atom is -0.493 e. The molecule has 1 N–H and O–H groups in total. The topological polar surface area (TPSA) is 89.2 Å². The minimum atomic E-state index is -1.22. The molecule has 0 fully saturated rings. The number of ether oxygens (including phenoxy) is 2. The number of nitrogens with zero attached hydrogens (tertiary/aromatic N) is 4. The van der Waals surface area contributed by atoms with Crippen molar-refractivity contribution in [2.75, 3.05) is 19.1 Å². The van der Waals surface area contributed by atoms with E-state index < -0.39 is 6.09 Å². The molecule has 0 aliphatic rings. The lowest BCUT2D eigenvalue weighted by Gasteiger charge is -2.23. The van der Waals surface area contributed by atoms with E-state index in [1.807, 2.05) is 0 Å². The third-order valence-electron chi connectivity index (χ3n) is 4.68. The van der Waals surface area contributed by atoms with Crippen LogP contribution in [0.2, 0.25) is 5.02 Å². The van der Waals surface area contributed by atoms with Crippen LogP contribution in [0, 0.1) is 6.92 Å². The lowest BCUT2D eigenvalue weighted by molar-refractivity contribution is 0.204. The second-order valence-electron chi connectivity index (χ2n) is 6.45. The highest BCUT2D eigenvalue weighted by Crippen LogP contribution is 2.40. The monoisotopic (exact) mass is 490 g/mol. The molecule has 10 heteroatoms. The molecule has 2 aromatic heterocycles. The summed E-state index contributed by atoms with van der Waals surface area (Å²) in [7, 11) is 3.07. The molecule has 0 spiro atoms. The predicted octanol–water partition coefficient (Wildman–Crippen LogP) is 5.44. The van der Waals surface area contributed by atoms with Crippen LogP contribution in [0.25, 0.3) is 16.6 Å². The van der Waals surface area contributed by atoms with Crippen molar-refractivity contribution < 1.29 is 19.4 Å². The zero-order valence-corrected chi connectivity index (χ0v) is 18.5. The van der Waals surface area contributed by atoms with Crippen LogP contribution >= 0.6 is 27.5 Å². The second-order valence-corrected chi connectivity index (χ2v) is 7.77. The average molecular weight is 492 g/mol. The molecule has 4 aromatic rings. The fraction of sp³-hybridized carbons (Fsp3) is 0.150. The number of halogens is 2. The van der Waals surface area contributed by atoms with Gasteiger partial charge in [-0.3, -0.25) is 4.40 Å². The van der Waals surface area contributed by atoms with Gasteiger partial charge in [-0.15, -0.1) is 0 Å². The Bertz CT molecular complexity index is 1280. The van der Waals surface area contributed by atoms with Gasteiger partial charge >= 0.3 is 6.09 Å². The Labute approximate surface area is 184 Å². The molecule has 0 bridgehead atoms. The molecule has 1 amide bonds. The number of anilines is 2. The third kappa shape index (κ3) is 3.20. The second kappa shape index (κ2) is 7.66. The van der Waals surface area contributed by atoms with E-state index in [1.165, 1.54) is 7.11 Å². The van der Waals surface area contributed by atoms with Crippen LogP contribution in [-0.4, -0.2) is 39.8 Å². The van der Waals surface area contributed by atoms with Crippen molar-refractivity contribution >= 4 is 61.7 Å². The summed E-state index contributed by atoms with van der Waals surface area (Å²) in [6, 6.07) is 6.89. The van der Waals surface area contributed by atoms with E-state index in [1.54, 1.807) is 55.2 Å². The maximum absolute atomic E-state index is 12.4. The molecule has 0 saturated heterocycles. The van der Waals surface area contributed by atoms with Crippen LogP contribution in [-0.2, 0) is 0 Å². The Morgan fingerprint density at radius 1 is 1.17 bits per heavy atom. The van der Waals surface area contributed by atoms with Crippen molar-refractivity contribution in [1.29, 1.82) is 0 Å².